The topological polar surface area (TPSA) is 49.9 Å². The molecule has 2 aliphatic heterocycles. The zero-order chi connectivity index (χ0) is 19.5. The van der Waals surface area contributed by atoms with Crippen LogP contribution in [0.15, 0.2) is 24.3 Å². The Kier molecular flexibility index (Phi) is 4.27. The molecule has 1 saturated heterocycles. The minimum absolute atomic E-state index is 0.0476. The molecular weight excluding hydrogens is 352 g/mol. The SMILES string of the molecule is CCN(C(=O)[C@@H]1[C@@H]2CC[C@@]3(CC(=O)c4ccccc4O3)[C@@H]21)C1CCN(C)CC1. The maximum Gasteiger partial charge on any atom is 0.226 e. The molecule has 0 unspecified atom stereocenters. The third kappa shape index (κ3) is 2.70. The van der Waals surface area contributed by atoms with Gasteiger partial charge in [0.05, 0.1) is 12.0 Å². The van der Waals surface area contributed by atoms with Crippen molar-refractivity contribution in [1.82, 2.24) is 9.80 Å². The number of nitrogens with zero attached hydrogens (tertiary/aromatic N) is 2. The van der Waals surface area contributed by atoms with Crippen LogP contribution in [0.25, 0.3) is 0 Å². The van der Waals surface area contributed by atoms with Gasteiger partial charge >= 0.3 is 0 Å². The first-order chi connectivity index (χ1) is 13.5. The van der Waals surface area contributed by atoms with Crippen molar-refractivity contribution in [3.63, 3.8) is 0 Å². The van der Waals surface area contributed by atoms with Crippen LogP contribution < -0.4 is 4.74 Å². The largest absolute Gasteiger partial charge is 0.486 e. The molecule has 5 heteroatoms. The number of fused-ring (bicyclic) bond motifs is 3. The molecule has 0 N–H and O–H groups in total. The molecule has 0 radical (unpaired) electrons. The first-order valence-electron chi connectivity index (χ1n) is 10.8. The van der Waals surface area contributed by atoms with Gasteiger partial charge in [-0.1, -0.05) is 12.1 Å². The molecule has 5 rings (SSSR count). The van der Waals surface area contributed by atoms with Crippen molar-refractivity contribution < 1.29 is 14.3 Å². The number of hydrogen-bond acceptors (Lipinski definition) is 4. The van der Waals surface area contributed by atoms with Crippen LogP contribution in [0, 0.1) is 17.8 Å². The summed E-state index contributed by atoms with van der Waals surface area (Å²) in [5.41, 5.74) is 0.240. The fraction of sp³-hybridized carbons (Fsp3) is 0.652. The van der Waals surface area contributed by atoms with Crippen LogP contribution in [0.1, 0.15) is 49.4 Å². The Morgan fingerprint density at radius 2 is 2.00 bits per heavy atom. The van der Waals surface area contributed by atoms with Gasteiger partial charge in [0.15, 0.2) is 5.78 Å². The summed E-state index contributed by atoms with van der Waals surface area (Å²) in [4.78, 5) is 30.7. The Morgan fingerprint density at radius 1 is 1.25 bits per heavy atom. The van der Waals surface area contributed by atoms with E-state index in [1.54, 1.807) is 0 Å². The second-order valence-electron chi connectivity index (χ2n) is 9.18. The van der Waals surface area contributed by atoms with E-state index in [1.807, 2.05) is 24.3 Å². The van der Waals surface area contributed by atoms with E-state index in [0.29, 0.717) is 35.6 Å². The van der Waals surface area contributed by atoms with E-state index in [9.17, 15) is 9.59 Å². The molecule has 2 heterocycles. The van der Waals surface area contributed by atoms with Crippen molar-refractivity contribution in [3.05, 3.63) is 29.8 Å². The van der Waals surface area contributed by atoms with Gasteiger partial charge < -0.3 is 14.5 Å². The van der Waals surface area contributed by atoms with E-state index < -0.39 is 5.60 Å². The number of piperidine rings is 1. The molecule has 28 heavy (non-hydrogen) atoms. The maximum absolute atomic E-state index is 13.5. The predicted octanol–water partition coefficient (Wildman–Crippen LogP) is 2.99. The Bertz CT molecular complexity index is 801. The molecule has 1 amide bonds. The lowest BCUT2D eigenvalue weighted by molar-refractivity contribution is -0.137. The fourth-order valence-electron chi connectivity index (χ4n) is 6.19. The number of ether oxygens (including phenoxy) is 1. The molecule has 3 fully saturated rings. The third-order valence-corrected chi connectivity index (χ3v) is 7.68. The van der Waals surface area contributed by atoms with Crippen molar-refractivity contribution >= 4 is 11.7 Å². The predicted molar refractivity (Wildman–Crippen MR) is 106 cm³/mol. The summed E-state index contributed by atoms with van der Waals surface area (Å²) in [5, 5.41) is 0. The molecule has 0 aromatic heterocycles. The average molecular weight is 383 g/mol. The molecule has 4 atom stereocenters. The standard InChI is InChI=1S/C23H30N2O3/c1-3-25(15-9-12-24(2)13-10-15)22(27)20-17-8-11-23(21(17)20)14-18(26)16-6-4-5-7-19(16)28-23/h4-7,15,17,20-21H,3,8-14H2,1-2H3/t17-,20+,21-,23+/m0/s1. The average Bonchev–Trinajstić information content (AvgIpc) is 3.34. The molecule has 0 bridgehead atoms. The van der Waals surface area contributed by atoms with Gasteiger partial charge in [-0.2, -0.15) is 0 Å². The summed E-state index contributed by atoms with van der Waals surface area (Å²) < 4.78 is 6.46. The molecule has 5 nitrogen and oxygen atoms in total. The second-order valence-corrected chi connectivity index (χ2v) is 9.18. The van der Waals surface area contributed by atoms with E-state index in [2.05, 4.69) is 23.8 Å². The van der Waals surface area contributed by atoms with Crippen LogP contribution in [0.3, 0.4) is 0 Å². The summed E-state index contributed by atoms with van der Waals surface area (Å²) in [6.07, 6.45) is 4.45. The minimum Gasteiger partial charge on any atom is -0.486 e. The summed E-state index contributed by atoms with van der Waals surface area (Å²) in [7, 11) is 2.15. The molecule has 1 aromatic carbocycles. The number of Topliss-reactive ketones (excluding diaryl/α,β-unsaturated/α-hetero) is 1. The number of ketones is 1. The van der Waals surface area contributed by atoms with E-state index in [4.69, 9.17) is 4.74 Å². The number of rotatable bonds is 3. The van der Waals surface area contributed by atoms with Gasteiger partial charge in [0.25, 0.3) is 0 Å². The van der Waals surface area contributed by atoms with Gasteiger partial charge in [0, 0.05) is 24.4 Å². The number of hydrogen-bond donors (Lipinski definition) is 0. The molecule has 1 spiro atoms. The monoisotopic (exact) mass is 382 g/mol. The van der Waals surface area contributed by atoms with Crippen LogP contribution >= 0.6 is 0 Å². The van der Waals surface area contributed by atoms with Crippen LogP contribution in [0.5, 0.6) is 5.75 Å². The van der Waals surface area contributed by atoms with Crippen LogP contribution in [0.4, 0.5) is 0 Å². The quantitative estimate of drug-likeness (QED) is 0.806. The Balaban J connectivity index is 1.34. The lowest BCUT2D eigenvalue weighted by Crippen LogP contribution is -2.49. The smallest absolute Gasteiger partial charge is 0.226 e. The van der Waals surface area contributed by atoms with Crippen molar-refractivity contribution in [2.24, 2.45) is 17.8 Å². The van der Waals surface area contributed by atoms with Gasteiger partial charge in [-0.05, 0) is 70.8 Å². The summed E-state index contributed by atoms with van der Waals surface area (Å²) in [6.45, 7) is 4.99. The maximum atomic E-state index is 13.5. The molecule has 150 valence electrons. The number of likely N-dealkylation sites (tertiary alicyclic amines) is 1. The van der Waals surface area contributed by atoms with Gasteiger partial charge in [-0.25, -0.2) is 0 Å². The highest BCUT2D eigenvalue weighted by molar-refractivity contribution is 6.00. The highest BCUT2D eigenvalue weighted by Gasteiger charge is 2.71. The van der Waals surface area contributed by atoms with E-state index in [1.165, 1.54) is 0 Å². The fourth-order valence-corrected chi connectivity index (χ4v) is 6.19. The number of carbonyl (C=O) groups excluding carboxylic acids is 2. The second kappa shape index (κ2) is 6.58. The van der Waals surface area contributed by atoms with Gasteiger partial charge in [-0.3, -0.25) is 9.59 Å². The highest BCUT2D eigenvalue weighted by Crippen LogP contribution is 2.66. The molecule has 4 aliphatic rings. The highest BCUT2D eigenvalue weighted by atomic mass is 16.5. The van der Waals surface area contributed by atoms with Gasteiger partial charge in [0.1, 0.15) is 11.4 Å². The first-order valence-corrected chi connectivity index (χ1v) is 10.8. The number of amides is 1. The zero-order valence-corrected chi connectivity index (χ0v) is 16.9. The van der Waals surface area contributed by atoms with E-state index >= 15 is 0 Å². The van der Waals surface area contributed by atoms with Gasteiger partial charge in [0.2, 0.25) is 5.91 Å². The molecule has 2 saturated carbocycles. The Labute approximate surface area is 167 Å². The number of carbonyl (C=O) groups is 2. The number of para-hydroxylation sites is 1. The third-order valence-electron chi connectivity index (χ3n) is 7.68. The van der Waals surface area contributed by atoms with Crippen LogP contribution in [-0.4, -0.2) is 59.8 Å². The summed E-state index contributed by atoms with van der Waals surface area (Å²) >= 11 is 0. The van der Waals surface area contributed by atoms with Crippen LogP contribution in [0.2, 0.25) is 0 Å². The minimum atomic E-state index is -0.456. The Morgan fingerprint density at radius 3 is 2.75 bits per heavy atom. The lowest BCUT2D eigenvalue weighted by atomic mass is 9.84. The van der Waals surface area contributed by atoms with Crippen molar-refractivity contribution in [3.8, 4) is 5.75 Å². The zero-order valence-electron chi connectivity index (χ0n) is 16.9. The molecule has 2 aliphatic carbocycles. The lowest BCUT2D eigenvalue weighted by Gasteiger charge is -2.39. The van der Waals surface area contributed by atoms with Crippen molar-refractivity contribution in [2.45, 2.75) is 50.7 Å². The van der Waals surface area contributed by atoms with Gasteiger partial charge in [-0.15, -0.1) is 0 Å². The molecule has 1 aromatic rings. The van der Waals surface area contributed by atoms with Crippen LogP contribution in [-0.2, 0) is 4.79 Å². The molecular formula is C23H30N2O3. The van der Waals surface area contributed by atoms with E-state index in [-0.39, 0.29) is 17.6 Å². The summed E-state index contributed by atoms with van der Waals surface area (Å²) in [6, 6.07) is 7.93. The van der Waals surface area contributed by atoms with Crippen molar-refractivity contribution in [1.29, 1.82) is 0 Å². The van der Waals surface area contributed by atoms with Crippen molar-refractivity contribution in [2.75, 3.05) is 26.7 Å². The summed E-state index contributed by atoms with van der Waals surface area (Å²) in [5.74, 6) is 1.83. The Hall–Kier alpha value is -1.88. The normalized spacial score (nSPS) is 34.6. The number of benzene rings is 1. The van der Waals surface area contributed by atoms with E-state index in [0.717, 1.165) is 45.3 Å². The first kappa shape index (κ1) is 18.2.